The Morgan fingerprint density at radius 1 is 1.12 bits per heavy atom. The molecule has 24 heavy (non-hydrogen) atoms. The zero-order valence-corrected chi connectivity index (χ0v) is 13.1. The molecule has 1 amide bonds. The number of phenolic OH excluding ortho intramolecular Hbond substituents is 2. The molecule has 1 heterocycles. The van der Waals surface area contributed by atoms with E-state index < -0.39 is 0 Å². The van der Waals surface area contributed by atoms with Crippen LogP contribution < -0.4 is 5.32 Å². The van der Waals surface area contributed by atoms with Crippen molar-refractivity contribution in [2.24, 2.45) is 0 Å². The average molecular weight is 323 g/mol. The van der Waals surface area contributed by atoms with Gasteiger partial charge in [-0.05, 0) is 42.5 Å². The van der Waals surface area contributed by atoms with Crippen molar-refractivity contribution in [2.45, 2.75) is 13.3 Å². The van der Waals surface area contributed by atoms with E-state index in [-0.39, 0.29) is 17.4 Å². The maximum atomic E-state index is 11.4. The largest absolute Gasteiger partial charge is 0.508 e. The van der Waals surface area contributed by atoms with Crippen LogP contribution in [0.25, 0.3) is 16.9 Å². The highest BCUT2D eigenvalue weighted by Gasteiger charge is 2.12. The Bertz CT molecular complexity index is 869. The molecule has 2 aromatic carbocycles. The molecule has 6 nitrogen and oxygen atoms in total. The van der Waals surface area contributed by atoms with Crippen LogP contribution in [0.3, 0.4) is 0 Å². The van der Waals surface area contributed by atoms with E-state index in [1.807, 2.05) is 12.1 Å². The maximum absolute atomic E-state index is 11.4. The van der Waals surface area contributed by atoms with Crippen molar-refractivity contribution >= 4 is 11.6 Å². The Kier molecular flexibility index (Phi) is 4.20. The average Bonchev–Trinajstić information content (AvgIpc) is 3.04. The van der Waals surface area contributed by atoms with Crippen molar-refractivity contribution in [1.82, 2.24) is 9.78 Å². The summed E-state index contributed by atoms with van der Waals surface area (Å²) in [6.07, 6.45) is 2.06. The molecule has 0 aliphatic rings. The third-order valence-electron chi connectivity index (χ3n) is 3.62. The summed E-state index contributed by atoms with van der Waals surface area (Å²) in [6.45, 7) is 1.80. The van der Waals surface area contributed by atoms with Gasteiger partial charge in [0.2, 0.25) is 5.91 Å². The van der Waals surface area contributed by atoms with E-state index in [4.69, 9.17) is 0 Å². The molecule has 0 saturated carbocycles. The quantitative estimate of drug-likeness (QED) is 0.687. The first-order valence-corrected chi connectivity index (χ1v) is 7.55. The van der Waals surface area contributed by atoms with Crippen LogP contribution in [0.2, 0.25) is 0 Å². The Morgan fingerprint density at radius 3 is 2.54 bits per heavy atom. The molecule has 3 N–H and O–H groups in total. The smallest absolute Gasteiger partial charge is 0.224 e. The lowest BCUT2D eigenvalue weighted by Gasteiger charge is -2.10. The SMILES string of the molecule is CCC(=O)Nc1ccc(-n2nccc2-c2ccc(O)cc2O)cc1. The fraction of sp³-hybridized carbons (Fsp3) is 0.111. The molecule has 1 aromatic heterocycles. The fourth-order valence-corrected chi connectivity index (χ4v) is 2.39. The molecule has 0 radical (unpaired) electrons. The summed E-state index contributed by atoms with van der Waals surface area (Å²) in [7, 11) is 0. The van der Waals surface area contributed by atoms with E-state index in [9.17, 15) is 15.0 Å². The van der Waals surface area contributed by atoms with Gasteiger partial charge in [-0.25, -0.2) is 4.68 Å². The van der Waals surface area contributed by atoms with E-state index in [1.165, 1.54) is 12.1 Å². The lowest BCUT2D eigenvalue weighted by Crippen LogP contribution is -2.09. The minimum absolute atomic E-state index is 0.00154. The second-order valence-electron chi connectivity index (χ2n) is 5.28. The maximum Gasteiger partial charge on any atom is 0.224 e. The summed E-state index contributed by atoms with van der Waals surface area (Å²) >= 11 is 0. The van der Waals surface area contributed by atoms with Crippen LogP contribution in [0.1, 0.15) is 13.3 Å². The number of carbonyl (C=O) groups is 1. The zero-order chi connectivity index (χ0) is 17.1. The minimum atomic E-state index is -0.0449. The number of carbonyl (C=O) groups excluding carboxylic acids is 1. The van der Waals surface area contributed by atoms with Gasteiger partial charge < -0.3 is 15.5 Å². The molecular formula is C18H17N3O3. The third kappa shape index (κ3) is 3.08. The van der Waals surface area contributed by atoms with Crippen molar-refractivity contribution < 1.29 is 15.0 Å². The summed E-state index contributed by atoms with van der Waals surface area (Å²) in [6, 6.07) is 13.5. The topological polar surface area (TPSA) is 87.4 Å². The number of aromatic nitrogens is 2. The predicted molar refractivity (Wildman–Crippen MR) is 91.3 cm³/mol. The summed E-state index contributed by atoms with van der Waals surface area (Å²) in [5, 5.41) is 26.6. The lowest BCUT2D eigenvalue weighted by atomic mass is 10.1. The van der Waals surface area contributed by atoms with Gasteiger partial charge in [0.15, 0.2) is 0 Å². The Morgan fingerprint density at radius 2 is 1.88 bits per heavy atom. The van der Waals surface area contributed by atoms with Gasteiger partial charge in [0, 0.05) is 23.7 Å². The monoisotopic (exact) mass is 323 g/mol. The molecule has 0 bridgehead atoms. The first-order chi connectivity index (χ1) is 11.6. The number of aromatic hydroxyl groups is 2. The standard InChI is InChI=1S/C18H17N3O3/c1-2-18(24)20-12-3-5-13(6-4-12)21-16(9-10-19-21)15-8-7-14(22)11-17(15)23/h3-11,22-23H,2H2,1H3,(H,20,24). The number of hydrogen-bond acceptors (Lipinski definition) is 4. The minimum Gasteiger partial charge on any atom is -0.508 e. The van der Waals surface area contributed by atoms with Crippen molar-refractivity contribution in [3.05, 3.63) is 54.7 Å². The number of nitrogens with zero attached hydrogens (tertiary/aromatic N) is 2. The number of amides is 1. The van der Waals surface area contributed by atoms with Crippen LogP contribution in [-0.2, 0) is 4.79 Å². The van der Waals surface area contributed by atoms with E-state index in [2.05, 4.69) is 10.4 Å². The van der Waals surface area contributed by atoms with Gasteiger partial charge in [0.05, 0.1) is 17.6 Å². The second kappa shape index (κ2) is 6.45. The Balaban J connectivity index is 1.94. The van der Waals surface area contributed by atoms with Gasteiger partial charge in [-0.2, -0.15) is 5.10 Å². The second-order valence-corrected chi connectivity index (χ2v) is 5.28. The molecule has 0 saturated heterocycles. The molecule has 0 aliphatic heterocycles. The molecule has 122 valence electrons. The van der Waals surface area contributed by atoms with Crippen LogP contribution in [0.5, 0.6) is 11.5 Å². The zero-order valence-electron chi connectivity index (χ0n) is 13.1. The van der Waals surface area contributed by atoms with Gasteiger partial charge in [-0.3, -0.25) is 4.79 Å². The van der Waals surface area contributed by atoms with Crippen LogP contribution in [0.15, 0.2) is 54.7 Å². The van der Waals surface area contributed by atoms with Crippen LogP contribution in [0.4, 0.5) is 5.69 Å². The number of rotatable bonds is 4. The molecule has 3 aromatic rings. The number of nitrogens with one attached hydrogen (secondary N) is 1. The van der Waals surface area contributed by atoms with E-state index in [0.29, 0.717) is 23.4 Å². The molecule has 3 rings (SSSR count). The van der Waals surface area contributed by atoms with Crippen molar-refractivity contribution in [2.75, 3.05) is 5.32 Å². The molecule has 0 atom stereocenters. The van der Waals surface area contributed by atoms with Crippen LogP contribution in [-0.4, -0.2) is 25.9 Å². The Labute approximate surface area is 139 Å². The normalized spacial score (nSPS) is 10.5. The van der Waals surface area contributed by atoms with E-state index >= 15 is 0 Å². The van der Waals surface area contributed by atoms with Gasteiger partial charge in [-0.15, -0.1) is 0 Å². The number of phenols is 2. The summed E-state index contributed by atoms with van der Waals surface area (Å²) in [5.41, 5.74) is 2.76. The van der Waals surface area contributed by atoms with Gasteiger partial charge >= 0.3 is 0 Å². The van der Waals surface area contributed by atoms with Gasteiger partial charge in [0.1, 0.15) is 11.5 Å². The highest BCUT2D eigenvalue weighted by atomic mass is 16.3. The first kappa shape index (κ1) is 15.6. The summed E-state index contributed by atoms with van der Waals surface area (Å²) in [5.74, 6) is -0.0709. The van der Waals surface area contributed by atoms with Crippen LogP contribution >= 0.6 is 0 Å². The van der Waals surface area contributed by atoms with Gasteiger partial charge in [-0.1, -0.05) is 6.92 Å². The predicted octanol–water partition coefficient (Wildman–Crippen LogP) is 3.30. The number of anilines is 1. The van der Waals surface area contributed by atoms with Crippen molar-refractivity contribution in [1.29, 1.82) is 0 Å². The van der Waals surface area contributed by atoms with Crippen molar-refractivity contribution in [3.8, 4) is 28.4 Å². The lowest BCUT2D eigenvalue weighted by molar-refractivity contribution is -0.115. The molecule has 0 aliphatic carbocycles. The fourth-order valence-electron chi connectivity index (χ4n) is 2.39. The number of benzene rings is 2. The highest BCUT2D eigenvalue weighted by Crippen LogP contribution is 2.33. The first-order valence-electron chi connectivity index (χ1n) is 7.55. The van der Waals surface area contributed by atoms with E-state index in [0.717, 1.165) is 5.69 Å². The molecule has 6 heteroatoms. The molecule has 0 fully saturated rings. The van der Waals surface area contributed by atoms with Crippen molar-refractivity contribution in [3.63, 3.8) is 0 Å². The molecular weight excluding hydrogens is 306 g/mol. The summed E-state index contributed by atoms with van der Waals surface area (Å²) in [4.78, 5) is 11.4. The molecule has 0 spiro atoms. The summed E-state index contributed by atoms with van der Waals surface area (Å²) < 4.78 is 1.68. The third-order valence-corrected chi connectivity index (χ3v) is 3.62. The highest BCUT2D eigenvalue weighted by molar-refractivity contribution is 5.90. The van der Waals surface area contributed by atoms with E-state index in [1.54, 1.807) is 42.1 Å². The van der Waals surface area contributed by atoms with Crippen LogP contribution in [0, 0.1) is 0 Å². The van der Waals surface area contributed by atoms with Gasteiger partial charge in [0.25, 0.3) is 0 Å². The molecule has 0 unspecified atom stereocenters. The Hall–Kier alpha value is -3.28. The number of hydrogen-bond donors (Lipinski definition) is 3.